The van der Waals surface area contributed by atoms with Gasteiger partial charge in [0.15, 0.2) is 8.32 Å². The molecule has 0 aliphatic carbocycles. The smallest absolute Gasteiger partial charge is 0.333 e. The van der Waals surface area contributed by atoms with Crippen LogP contribution in [0.3, 0.4) is 0 Å². The van der Waals surface area contributed by atoms with E-state index in [4.69, 9.17) is 9.16 Å². The summed E-state index contributed by atoms with van der Waals surface area (Å²) in [6.07, 6.45) is 2.73. The van der Waals surface area contributed by atoms with E-state index in [1.165, 1.54) is 6.04 Å². The van der Waals surface area contributed by atoms with Gasteiger partial charge >= 0.3 is 5.97 Å². The Hall–Kier alpha value is -0.613. The third kappa shape index (κ3) is 3.69. The molecule has 1 aliphatic rings. The molecule has 0 N–H and O–H groups in total. The predicted molar refractivity (Wildman–Crippen MR) is 76.0 cm³/mol. The highest BCUT2D eigenvalue weighted by Gasteiger charge is 2.44. The Balaban J connectivity index is 2.80. The maximum Gasteiger partial charge on any atom is 0.333 e. The van der Waals surface area contributed by atoms with Crippen molar-refractivity contribution in [1.29, 1.82) is 0 Å². The second-order valence-corrected chi connectivity index (χ2v) is 10.3. The van der Waals surface area contributed by atoms with Gasteiger partial charge in [0, 0.05) is 5.57 Å². The highest BCUT2D eigenvalue weighted by Crippen LogP contribution is 2.37. The Kier molecular flexibility index (Phi) is 4.78. The summed E-state index contributed by atoms with van der Waals surface area (Å²) in [6.45, 7) is 13.9. The average Bonchev–Trinajstić information content (AvgIpc) is 2.23. The number of ether oxygens (including phenoxy) is 1. The van der Waals surface area contributed by atoms with Gasteiger partial charge in [-0.2, -0.15) is 0 Å². The van der Waals surface area contributed by atoms with Crippen LogP contribution in [-0.4, -0.2) is 26.0 Å². The first-order valence-electron chi connectivity index (χ1n) is 6.77. The second-order valence-electron chi connectivity index (χ2n) is 6.11. The largest absolute Gasteiger partial charge is 0.456 e. The summed E-state index contributed by atoms with van der Waals surface area (Å²) >= 11 is 0. The first kappa shape index (κ1) is 15.4. The Labute approximate surface area is 112 Å². The average molecular weight is 270 g/mol. The van der Waals surface area contributed by atoms with Crippen molar-refractivity contribution < 1.29 is 14.0 Å². The standard InChI is InChI=1S/C14H26O3Si/c1-7-12(16-13(15)11(2)3)14(4)9-8-10-18(5,6)17-14/h12H,2,7-10H2,1,3-6H3. The van der Waals surface area contributed by atoms with Crippen molar-refractivity contribution in [3.8, 4) is 0 Å². The Bertz CT molecular complexity index is 338. The predicted octanol–water partition coefficient (Wildman–Crippen LogP) is 3.66. The van der Waals surface area contributed by atoms with Gasteiger partial charge in [-0.15, -0.1) is 0 Å². The van der Waals surface area contributed by atoms with Crippen molar-refractivity contribution in [2.75, 3.05) is 0 Å². The molecular weight excluding hydrogens is 244 g/mol. The van der Waals surface area contributed by atoms with Crippen LogP contribution < -0.4 is 0 Å². The molecule has 1 saturated heterocycles. The van der Waals surface area contributed by atoms with Crippen LogP contribution in [0.1, 0.15) is 40.0 Å². The van der Waals surface area contributed by atoms with Crippen LogP contribution >= 0.6 is 0 Å². The molecule has 0 aromatic heterocycles. The summed E-state index contributed by atoms with van der Waals surface area (Å²) in [5.41, 5.74) is 0.123. The molecular formula is C14H26O3Si. The van der Waals surface area contributed by atoms with Crippen molar-refractivity contribution >= 4 is 14.3 Å². The summed E-state index contributed by atoms with van der Waals surface area (Å²) in [6, 6.07) is 1.19. The summed E-state index contributed by atoms with van der Waals surface area (Å²) in [5.74, 6) is -0.309. The molecule has 4 heteroatoms. The third-order valence-electron chi connectivity index (χ3n) is 3.61. The minimum absolute atomic E-state index is 0.172. The summed E-state index contributed by atoms with van der Waals surface area (Å²) < 4.78 is 11.9. The minimum Gasteiger partial charge on any atom is -0.456 e. The van der Waals surface area contributed by atoms with Gasteiger partial charge in [0.25, 0.3) is 0 Å². The Morgan fingerprint density at radius 1 is 1.56 bits per heavy atom. The molecule has 0 amide bonds. The van der Waals surface area contributed by atoms with E-state index < -0.39 is 8.32 Å². The topological polar surface area (TPSA) is 35.5 Å². The van der Waals surface area contributed by atoms with E-state index in [0.717, 1.165) is 19.3 Å². The van der Waals surface area contributed by atoms with Crippen molar-refractivity contribution in [1.82, 2.24) is 0 Å². The highest BCUT2D eigenvalue weighted by atomic mass is 28.4. The molecule has 1 heterocycles. The molecule has 3 nitrogen and oxygen atoms in total. The molecule has 0 spiro atoms. The monoisotopic (exact) mass is 270 g/mol. The first-order chi connectivity index (χ1) is 8.20. The maximum absolute atomic E-state index is 11.7. The zero-order valence-corrected chi connectivity index (χ0v) is 13.3. The lowest BCUT2D eigenvalue weighted by atomic mass is 9.91. The number of carbonyl (C=O) groups is 1. The molecule has 0 aromatic carbocycles. The fourth-order valence-electron chi connectivity index (χ4n) is 2.69. The van der Waals surface area contributed by atoms with Gasteiger partial charge in [0.05, 0.1) is 5.60 Å². The highest BCUT2D eigenvalue weighted by molar-refractivity contribution is 6.71. The fraction of sp³-hybridized carbons (Fsp3) is 0.786. The third-order valence-corrected chi connectivity index (χ3v) is 6.19. The van der Waals surface area contributed by atoms with E-state index in [-0.39, 0.29) is 17.7 Å². The molecule has 1 rings (SSSR count). The molecule has 0 aromatic rings. The van der Waals surface area contributed by atoms with Gasteiger partial charge in [-0.05, 0) is 45.8 Å². The molecule has 104 valence electrons. The van der Waals surface area contributed by atoms with Crippen LogP contribution in [0.5, 0.6) is 0 Å². The van der Waals surface area contributed by atoms with Crippen molar-refractivity contribution in [2.24, 2.45) is 0 Å². The molecule has 0 radical (unpaired) electrons. The number of hydrogen-bond donors (Lipinski definition) is 0. The van der Waals surface area contributed by atoms with Crippen LogP contribution in [0.2, 0.25) is 19.1 Å². The molecule has 0 bridgehead atoms. The van der Waals surface area contributed by atoms with Gasteiger partial charge in [-0.25, -0.2) is 4.79 Å². The summed E-state index contributed by atoms with van der Waals surface area (Å²) in [4.78, 5) is 11.7. The molecule has 2 unspecified atom stereocenters. The zero-order chi connectivity index (χ0) is 14.0. The van der Waals surface area contributed by atoms with E-state index >= 15 is 0 Å². The van der Waals surface area contributed by atoms with Gasteiger partial charge in [-0.3, -0.25) is 0 Å². The van der Waals surface area contributed by atoms with Crippen LogP contribution in [0.15, 0.2) is 12.2 Å². The van der Waals surface area contributed by atoms with E-state index in [1.54, 1.807) is 6.92 Å². The quantitative estimate of drug-likeness (QED) is 0.444. The molecule has 0 saturated carbocycles. The van der Waals surface area contributed by atoms with Crippen LogP contribution in [-0.2, 0) is 14.0 Å². The van der Waals surface area contributed by atoms with Crippen molar-refractivity contribution in [3.63, 3.8) is 0 Å². The van der Waals surface area contributed by atoms with Gasteiger partial charge in [0.2, 0.25) is 0 Å². The lowest BCUT2D eigenvalue weighted by Crippen LogP contribution is -2.54. The first-order valence-corrected chi connectivity index (χ1v) is 9.88. The molecule has 18 heavy (non-hydrogen) atoms. The normalized spacial score (nSPS) is 28.5. The van der Waals surface area contributed by atoms with Gasteiger partial charge in [-0.1, -0.05) is 19.9 Å². The fourth-order valence-corrected chi connectivity index (χ4v) is 5.32. The number of esters is 1. The molecule has 1 aliphatic heterocycles. The van der Waals surface area contributed by atoms with Crippen LogP contribution in [0.4, 0.5) is 0 Å². The maximum atomic E-state index is 11.7. The number of rotatable bonds is 4. The zero-order valence-electron chi connectivity index (χ0n) is 12.3. The lowest BCUT2D eigenvalue weighted by molar-refractivity contribution is -0.159. The molecule has 1 fully saturated rings. The summed E-state index contributed by atoms with van der Waals surface area (Å²) in [7, 11) is -1.60. The van der Waals surface area contributed by atoms with E-state index in [9.17, 15) is 4.79 Å². The molecule has 2 atom stereocenters. The van der Waals surface area contributed by atoms with Crippen LogP contribution in [0.25, 0.3) is 0 Å². The Morgan fingerprint density at radius 2 is 2.17 bits per heavy atom. The Morgan fingerprint density at radius 3 is 2.61 bits per heavy atom. The van der Waals surface area contributed by atoms with Gasteiger partial charge < -0.3 is 9.16 Å². The van der Waals surface area contributed by atoms with E-state index in [0.29, 0.717) is 5.57 Å². The minimum atomic E-state index is -1.60. The van der Waals surface area contributed by atoms with E-state index in [1.807, 2.05) is 6.92 Å². The van der Waals surface area contributed by atoms with Gasteiger partial charge in [0.1, 0.15) is 6.10 Å². The summed E-state index contributed by atoms with van der Waals surface area (Å²) in [5, 5.41) is 0. The SMILES string of the molecule is C=C(C)C(=O)OC(CC)C1(C)CCC[Si](C)(C)O1. The lowest BCUT2D eigenvalue weighted by Gasteiger charge is -2.46. The number of hydrogen-bond acceptors (Lipinski definition) is 3. The second kappa shape index (κ2) is 5.57. The van der Waals surface area contributed by atoms with E-state index in [2.05, 4.69) is 26.6 Å². The van der Waals surface area contributed by atoms with Crippen molar-refractivity contribution in [2.45, 2.75) is 70.9 Å². The van der Waals surface area contributed by atoms with Crippen LogP contribution in [0, 0.1) is 0 Å². The number of carbonyl (C=O) groups excluding carboxylic acids is 1. The van der Waals surface area contributed by atoms with Crippen molar-refractivity contribution in [3.05, 3.63) is 12.2 Å².